The van der Waals surface area contributed by atoms with Crippen LogP contribution in [0.4, 0.5) is 0 Å². The SMILES string of the molecule is CC(CN1CCOCC1)N(CCc1cccs1)Cc1ccccc1. The van der Waals surface area contributed by atoms with Gasteiger partial charge in [0.05, 0.1) is 13.2 Å². The van der Waals surface area contributed by atoms with Gasteiger partial charge in [0.25, 0.3) is 0 Å². The van der Waals surface area contributed by atoms with Crippen molar-refractivity contribution in [2.24, 2.45) is 0 Å². The van der Waals surface area contributed by atoms with Gasteiger partial charge in [-0.1, -0.05) is 36.4 Å². The van der Waals surface area contributed by atoms with E-state index in [9.17, 15) is 0 Å². The Kier molecular flexibility index (Phi) is 6.85. The van der Waals surface area contributed by atoms with Gasteiger partial charge in [-0.15, -0.1) is 11.3 Å². The summed E-state index contributed by atoms with van der Waals surface area (Å²) in [4.78, 5) is 6.65. The molecule has 24 heavy (non-hydrogen) atoms. The third-order valence-corrected chi connectivity index (χ3v) is 5.64. The Labute approximate surface area is 149 Å². The highest BCUT2D eigenvalue weighted by molar-refractivity contribution is 7.09. The summed E-state index contributed by atoms with van der Waals surface area (Å²) in [5.74, 6) is 0. The van der Waals surface area contributed by atoms with E-state index in [1.54, 1.807) is 0 Å². The van der Waals surface area contributed by atoms with E-state index in [1.165, 1.54) is 10.4 Å². The Morgan fingerprint density at radius 2 is 1.92 bits per heavy atom. The van der Waals surface area contributed by atoms with Crippen LogP contribution < -0.4 is 0 Å². The molecular weight excluding hydrogens is 316 g/mol. The Morgan fingerprint density at radius 3 is 2.62 bits per heavy atom. The number of hydrogen-bond acceptors (Lipinski definition) is 4. The molecule has 1 unspecified atom stereocenters. The van der Waals surface area contributed by atoms with Gasteiger partial charge < -0.3 is 4.74 Å². The molecule has 1 aromatic heterocycles. The summed E-state index contributed by atoms with van der Waals surface area (Å²) in [5.41, 5.74) is 1.40. The number of thiophene rings is 1. The molecule has 1 saturated heterocycles. The number of morpholine rings is 1. The third-order valence-electron chi connectivity index (χ3n) is 4.70. The van der Waals surface area contributed by atoms with E-state index < -0.39 is 0 Å². The first kappa shape index (κ1) is 17.6. The van der Waals surface area contributed by atoms with Gasteiger partial charge in [-0.05, 0) is 30.4 Å². The predicted molar refractivity (Wildman–Crippen MR) is 102 cm³/mol. The second kappa shape index (κ2) is 9.33. The second-order valence-electron chi connectivity index (χ2n) is 6.55. The van der Waals surface area contributed by atoms with Crippen molar-refractivity contribution in [3.63, 3.8) is 0 Å². The van der Waals surface area contributed by atoms with Crippen molar-refractivity contribution < 1.29 is 4.74 Å². The van der Waals surface area contributed by atoms with Crippen LogP contribution in [-0.4, -0.2) is 55.2 Å². The fourth-order valence-corrected chi connectivity index (χ4v) is 3.95. The predicted octanol–water partition coefficient (Wildman–Crippen LogP) is 3.51. The molecule has 1 aliphatic rings. The number of nitrogens with zero attached hydrogens (tertiary/aromatic N) is 2. The van der Waals surface area contributed by atoms with Crippen LogP contribution in [0.1, 0.15) is 17.4 Å². The van der Waals surface area contributed by atoms with E-state index in [0.717, 1.165) is 52.4 Å². The third kappa shape index (κ3) is 5.42. The summed E-state index contributed by atoms with van der Waals surface area (Å²) >= 11 is 1.86. The molecule has 0 spiro atoms. The minimum Gasteiger partial charge on any atom is -0.379 e. The van der Waals surface area contributed by atoms with E-state index in [1.807, 2.05) is 11.3 Å². The number of hydrogen-bond donors (Lipinski definition) is 0. The van der Waals surface area contributed by atoms with Gasteiger partial charge in [0.1, 0.15) is 0 Å². The van der Waals surface area contributed by atoms with Crippen LogP contribution in [0, 0.1) is 0 Å². The van der Waals surface area contributed by atoms with Gasteiger partial charge in [-0.25, -0.2) is 0 Å². The van der Waals surface area contributed by atoms with Crippen LogP contribution in [0.2, 0.25) is 0 Å². The molecule has 0 N–H and O–H groups in total. The molecule has 2 aromatic rings. The zero-order chi connectivity index (χ0) is 16.6. The summed E-state index contributed by atoms with van der Waals surface area (Å²) < 4.78 is 5.48. The van der Waals surface area contributed by atoms with Crippen LogP contribution in [0.5, 0.6) is 0 Å². The van der Waals surface area contributed by atoms with Crippen molar-refractivity contribution >= 4 is 11.3 Å². The minimum atomic E-state index is 0.545. The van der Waals surface area contributed by atoms with Gasteiger partial charge >= 0.3 is 0 Å². The Morgan fingerprint density at radius 1 is 1.12 bits per heavy atom. The smallest absolute Gasteiger partial charge is 0.0594 e. The van der Waals surface area contributed by atoms with E-state index in [4.69, 9.17) is 4.74 Å². The zero-order valence-electron chi connectivity index (χ0n) is 14.6. The maximum Gasteiger partial charge on any atom is 0.0594 e. The summed E-state index contributed by atoms with van der Waals surface area (Å²) in [6.07, 6.45) is 1.14. The lowest BCUT2D eigenvalue weighted by atomic mass is 10.1. The molecule has 0 aliphatic carbocycles. The molecule has 0 saturated carbocycles. The normalized spacial score (nSPS) is 17.2. The molecule has 1 fully saturated rings. The highest BCUT2D eigenvalue weighted by atomic mass is 32.1. The van der Waals surface area contributed by atoms with Crippen molar-refractivity contribution in [3.05, 3.63) is 58.3 Å². The van der Waals surface area contributed by atoms with E-state index >= 15 is 0 Å². The van der Waals surface area contributed by atoms with Gasteiger partial charge in [-0.2, -0.15) is 0 Å². The van der Waals surface area contributed by atoms with E-state index in [0.29, 0.717) is 6.04 Å². The first-order chi connectivity index (χ1) is 11.8. The maximum absolute atomic E-state index is 5.48. The van der Waals surface area contributed by atoms with Gasteiger partial charge in [-0.3, -0.25) is 9.80 Å². The fraction of sp³-hybridized carbons (Fsp3) is 0.500. The lowest BCUT2D eigenvalue weighted by Crippen LogP contribution is -2.46. The lowest BCUT2D eigenvalue weighted by molar-refractivity contribution is 0.0237. The molecule has 1 aliphatic heterocycles. The minimum absolute atomic E-state index is 0.545. The molecule has 0 amide bonds. The summed E-state index contributed by atoms with van der Waals surface area (Å²) in [7, 11) is 0. The fourth-order valence-electron chi connectivity index (χ4n) is 3.25. The summed E-state index contributed by atoms with van der Waals surface area (Å²) in [6.45, 7) is 9.51. The molecule has 0 radical (unpaired) electrons. The van der Waals surface area contributed by atoms with Crippen molar-refractivity contribution in [1.29, 1.82) is 0 Å². The Balaban J connectivity index is 1.60. The maximum atomic E-state index is 5.48. The topological polar surface area (TPSA) is 15.7 Å². The average molecular weight is 345 g/mol. The molecular formula is C20H28N2OS. The van der Waals surface area contributed by atoms with Crippen molar-refractivity contribution in [1.82, 2.24) is 9.80 Å². The van der Waals surface area contributed by atoms with E-state index in [2.05, 4.69) is 64.6 Å². The molecule has 1 atom stereocenters. The molecule has 3 rings (SSSR count). The molecule has 130 valence electrons. The Bertz CT molecular complexity index is 567. The molecule has 3 nitrogen and oxygen atoms in total. The lowest BCUT2D eigenvalue weighted by Gasteiger charge is -2.35. The van der Waals surface area contributed by atoms with E-state index in [-0.39, 0.29) is 0 Å². The quantitative estimate of drug-likeness (QED) is 0.729. The molecule has 4 heteroatoms. The van der Waals surface area contributed by atoms with Crippen LogP contribution in [0.15, 0.2) is 47.8 Å². The monoisotopic (exact) mass is 344 g/mol. The van der Waals surface area contributed by atoms with Crippen LogP contribution in [-0.2, 0) is 17.7 Å². The molecule has 0 bridgehead atoms. The van der Waals surface area contributed by atoms with Crippen LogP contribution in [0.25, 0.3) is 0 Å². The van der Waals surface area contributed by atoms with Gasteiger partial charge in [0.2, 0.25) is 0 Å². The highest BCUT2D eigenvalue weighted by Gasteiger charge is 2.19. The standard InChI is InChI=1S/C20H28N2OS/c1-18(16-21-11-13-23-14-12-21)22(10-9-20-8-5-15-24-20)17-19-6-3-2-4-7-19/h2-8,15,18H,9-14,16-17H2,1H3. The van der Waals surface area contributed by atoms with Crippen molar-refractivity contribution in [2.75, 3.05) is 39.4 Å². The first-order valence-corrected chi connectivity index (χ1v) is 9.79. The average Bonchev–Trinajstić information content (AvgIpc) is 3.14. The van der Waals surface area contributed by atoms with Crippen LogP contribution in [0.3, 0.4) is 0 Å². The number of benzene rings is 1. The summed E-state index contributed by atoms with van der Waals surface area (Å²) in [6, 6.07) is 15.8. The Hall–Kier alpha value is -1.20. The number of ether oxygens (including phenoxy) is 1. The van der Waals surface area contributed by atoms with Crippen molar-refractivity contribution in [3.8, 4) is 0 Å². The molecule has 1 aromatic carbocycles. The highest BCUT2D eigenvalue weighted by Crippen LogP contribution is 2.14. The summed E-state index contributed by atoms with van der Waals surface area (Å²) in [5, 5.41) is 2.17. The zero-order valence-corrected chi connectivity index (χ0v) is 15.4. The second-order valence-corrected chi connectivity index (χ2v) is 7.58. The van der Waals surface area contributed by atoms with Crippen molar-refractivity contribution in [2.45, 2.75) is 25.9 Å². The molecule has 2 heterocycles. The van der Waals surface area contributed by atoms with Gasteiger partial charge in [0.15, 0.2) is 0 Å². The van der Waals surface area contributed by atoms with Gasteiger partial charge in [0, 0.05) is 43.6 Å². The largest absolute Gasteiger partial charge is 0.379 e. The van der Waals surface area contributed by atoms with Crippen LogP contribution >= 0.6 is 11.3 Å². The first-order valence-electron chi connectivity index (χ1n) is 8.92. The number of rotatable bonds is 8.